The van der Waals surface area contributed by atoms with Crippen LogP contribution in [-0.2, 0) is 0 Å². The number of benzene rings is 1. The third-order valence-electron chi connectivity index (χ3n) is 3.15. The number of fused-ring (bicyclic) bond motifs is 1. The van der Waals surface area contributed by atoms with Gasteiger partial charge in [-0.15, -0.1) is 0 Å². The molecule has 0 radical (unpaired) electrons. The van der Waals surface area contributed by atoms with Crippen LogP contribution in [0.1, 0.15) is 0 Å². The number of imidazole rings is 1. The van der Waals surface area contributed by atoms with Gasteiger partial charge in [-0.25, -0.2) is 4.98 Å². The van der Waals surface area contributed by atoms with Gasteiger partial charge in [-0.1, -0.05) is 0 Å². The Kier molecular flexibility index (Phi) is 3.91. The highest BCUT2D eigenvalue weighted by molar-refractivity contribution is 9.11. The number of nitrogens with zero attached hydrogens (tertiary/aromatic N) is 2. The van der Waals surface area contributed by atoms with Crippen molar-refractivity contribution in [1.29, 1.82) is 0 Å². The van der Waals surface area contributed by atoms with Gasteiger partial charge in [0.15, 0.2) is 17.1 Å². The highest BCUT2D eigenvalue weighted by atomic mass is 79.9. The molecule has 0 aliphatic carbocycles. The standard InChI is InChI=1S/C15H12Br2N2O2/c1-20-13-4-3-9(5-14(13)21-2)12-8-19-7-10(16)6-11(17)15(19)18-12/h3-8H,1-2H3. The summed E-state index contributed by atoms with van der Waals surface area (Å²) in [4.78, 5) is 4.65. The Labute approximate surface area is 139 Å². The van der Waals surface area contributed by atoms with Crippen molar-refractivity contribution in [2.75, 3.05) is 14.2 Å². The molecule has 0 N–H and O–H groups in total. The zero-order valence-electron chi connectivity index (χ0n) is 11.4. The number of pyridine rings is 1. The first-order valence-electron chi connectivity index (χ1n) is 6.18. The van der Waals surface area contributed by atoms with Crippen LogP contribution in [0.2, 0.25) is 0 Å². The van der Waals surface area contributed by atoms with Crippen LogP contribution in [-0.4, -0.2) is 23.6 Å². The molecule has 0 aliphatic rings. The lowest BCUT2D eigenvalue weighted by Gasteiger charge is -2.08. The van der Waals surface area contributed by atoms with Gasteiger partial charge in [0.2, 0.25) is 0 Å². The summed E-state index contributed by atoms with van der Waals surface area (Å²) < 4.78 is 14.5. The van der Waals surface area contributed by atoms with E-state index in [0.29, 0.717) is 11.5 Å². The average Bonchev–Trinajstić information content (AvgIpc) is 2.90. The fourth-order valence-corrected chi connectivity index (χ4v) is 3.46. The Morgan fingerprint density at radius 2 is 1.76 bits per heavy atom. The van der Waals surface area contributed by atoms with E-state index in [-0.39, 0.29) is 0 Å². The molecule has 3 rings (SSSR count). The molecule has 1 aromatic carbocycles. The second kappa shape index (κ2) is 5.69. The van der Waals surface area contributed by atoms with Crippen LogP contribution >= 0.6 is 31.9 Å². The molecular formula is C15H12Br2N2O2. The summed E-state index contributed by atoms with van der Waals surface area (Å²) in [6.07, 6.45) is 3.95. The Hall–Kier alpha value is -1.53. The van der Waals surface area contributed by atoms with Crippen molar-refractivity contribution in [1.82, 2.24) is 9.38 Å². The van der Waals surface area contributed by atoms with Crippen LogP contribution in [0, 0.1) is 0 Å². The van der Waals surface area contributed by atoms with E-state index in [1.54, 1.807) is 14.2 Å². The lowest BCUT2D eigenvalue weighted by atomic mass is 10.1. The Morgan fingerprint density at radius 3 is 2.48 bits per heavy atom. The van der Waals surface area contributed by atoms with E-state index in [9.17, 15) is 0 Å². The average molecular weight is 412 g/mol. The summed E-state index contributed by atoms with van der Waals surface area (Å²) >= 11 is 7.00. The van der Waals surface area contributed by atoms with E-state index in [0.717, 1.165) is 25.8 Å². The summed E-state index contributed by atoms with van der Waals surface area (Å²) in [6.45, 7) is 0. The third kappa shape index (κ3) is 2.65. The second-order valence-corrected chi connectivity index (χ2v) is 6.20. The van der Waals surface area contributed by atoms with Crippen LogP contribution in [0.5, 0.6) is 11.5 Å². The largest absolute Gasteiger partial charge is 0.493 e. The number of hydrogen-bond acceptors (Lipinski definition) is 3. The highest BCUT2D eigenvalue weighted by Gasteiger charge is 2.11. The quantitative estimate of drug-likeness (QED) is 0.634. The van der Waals surface area contributed by atoms with Gasteiger partial charge in [0, 0.05) is 22.4 Å². The summed E-state index contributed by atoms with van der Waals surface area (Å²) in [5.74, 6) is 1.39. The molecule has 108 valence electrons. The van der Waals surface area contributed by atoms with Crippen molar-refractivity contribution in [3.63, 3.8) is 0 Å². The van der Waals surface area contributed by atoms with E-state index in [1.807, 2.05) is 41.1 Å². The van der Waals surface area contributed by atoms with Crippen molar-refractivity contribution >= 4 is 37.5 Å². The van der Waals surface area contributed by atoms with E-state index in [4.69, 9.17) is 9.47 Å². The monoisotopic (exact) mass is 410 g/mol. The first-order chi connectivity index (χ1) is 10.1. The minimum absolute atomic E-state index is 0.687. The fraction of sp³-hybridized carbons (Fsp3) is 0.133. The summed E-state index contributed by atoms with van der Waals surface area (Å²) in [5.41, 5.74) is 2.71. The maximum atomic E-state index is 5.34. The van der Waals surface area contributed by atoms with E-state index >= 15 is 0 Å². The van der Waals surface area contributed by atoms with Gasteiger partial charge in [-0.2, -0.15) is 0 Å². The molecule has 0 bridgehead atoms. The molecule has 2 heterocycles. The molecular weight excluding hydrogens is 400 g/mol. The van der Waals surface area contributed by atoms with Gasteiger partial charge in [-0.3, -0.25) is 0 Å². The SMILES string of the molecule is COc1ccc(-c2cn3cc(Br)cc(Br)c3n2)cc1OC. The lowest BCUT2D eigenvalue weighted by molar-refractivity contribution is 0.355. The highest BCUT2D eigenvalue weighted by Crippen LogP contribution is 2.33. The molecule has 3 aromatic rings. The molecule has 0 fully saturated rings. The minimum atomic E-state index is 0.687. The minimum Gasteiger partial charge on any atom is -0.493 e. The van der Waals surface area contributed by atoms with Crippen LogP contribution in [0.3, 0.4) is 0 Å². The van der Waals surface area contributed by atoms with Gasteiger partial charge in [-0.05, 0) is 56.1 Å². The first kappa shape index (κ1) is 14.4. The predicted octanol–water partition coefficient (Wildman–Crippen LogP) is 4.54. The number of rotatable bonds is 3. The summed E-state index contributed by atoms with van der Waals surface area (Å²) in [6, 6.07) is 7.74. The molecule has 0 spiro atoms. The van der Waals surface area contributed by atoms with E-state index < -0.39 is 0 Å². The van der Waals surface area contributed by atoms with E-state index in [2.05, 4.69) is 36.8 Å². The molecule has 0 aliphatic heterocycles. The Balaban J connectivity index is 2.14. The van der Waals surface area contributed by atoms with Crippen molar-refractivity contribution in [2.24, 2.45) is 0 Å². The number of hydrogen-bond donors (Lipinski definition) is 0. The van der Waals surface area contributed by atoms with Crippen LogP contribution in [0.15, 0.2) is 45.6 Å². The van der Waals surface area contributed by atoms with Gasteiger partial charge < -0.3 is 13.9 Å². The smallest absolute Gasteiger partial charge is 0.161 e. The molecule has 0 saturated heterocycles. The molecule has 0 atom stereocenters. The number of halogens is 2. The van der Waals surface area contributed by atoms with Crippen LogP contribution < -0.4 is 9.47 Å². The maximum absolute atomic E-state index is 5.34. The summed E-state index contributed by atoms with van der Waals surface area (Å²) in [7, 11) is 3.25. The zero-order chi connectivity index (χ0) is 15.0. The molecule has 4 nitrogen and oxygen atoms in total. The molecule has 2 aromatic heterocycles. The number of ether oxygens (including phenoxy) is 2. The Morgan fingerprint density at radius 1 is 1.00 bits per heavy atom. The molecule has 0 amide bonds. The predicted molar refractivity (Wildman–Crippen MR) is 89.1 cm³/mol. The van der Waals surface area contributed by atoms with Crippen molar-refractivity contribution in [3.8, 4) is 22.8 Å². The van der Waals surface area contributed by atoms with Gasteiger partial charge >= 0.3 is 0 Å². The second-order valence-electron chi connectivity index (χ2n) is 4.43. The third-order valence-corrected chi connectivity index (χ3v) is 4.17. The Bertz CT molecular complexity index is 815. The zero-order valence-corrected chi connectivity index (χ0v) is 14.6. The number of aromatic nitrogens is 2. The maximum Gasteiger partial charge on any atom is 0.161 e. The first-order valence-corrected chi connectivity index (χ1v) is 7.77. The van der Waals surface area contributed by atoms with Gasteiger partial charge in [0.05, 0.1) is 24.4 Å². The van der Waals surface area contributed by atoms with Crippen LogP contribution in [0.25, 0.3) is 16.9 Å². The molecule has 0 unspecified atom stereocenters. The fourth-order valence-electron chi connectivity index (χ4n) is 2.16. The number of methoxy groups -OCH3 is 2. The van der Waals surface area contributed by atoms with Gasteiger partial charge in [0.1, 0.15) is 0 Å². The topological polar surface area (TPSA) is 35.8 Å². The van der Waals surface area contributed by atoms with Crippen molar-refractivity contribution in [3.05, 3.63) is 45.6 Å². The molecule has 0 saturated carbocycles. The van der Waals surface area contributed by atoms with Gasteiger partial charge in [0.25, 0.3) is 0 Å². The normalized spacial score (nSPS) is 10.9. The van der Waals surface area contributed by atoms with Crippen molar-refractivity contribution in [2.45, 2.75) is 0 Å². The lowest BCUT2D eigenvalue weighted by Crippen LogP contribution is -1.90. The van der Waals surface area contributed by atoms with E-state index in [1.165, 1.54) is 0 Å². The van der Waals surface area contributed by atoms with Crippen molar-refractivity contribution < 1.29 is 9.47 Å². The summed E-state index contributed by atoms with van der Waals surface area (Å²) in [5, 5.41) is 0. The molecule has 21 heavy (non-hydrogen) atoms. The molecule has 6 heteroatoms. The van der Waals surface area contributed by atoms with Crippen LogP contribution in [0.4, 0.5) is 0 Å².